The van der Waals surface area contributed by atoms with Crippen LogP contribution in [0.1, 0.15) is 0 Å². The molecule has 22 heavy (non-hydrogen) atoms. The molecule has 0 aliphatic carbocycles. The normalized spacial score (nSPS) is 22.6. The van der Waals surface area contributed by atoms with Crippen LogP contribution in [-0.2, 0) is 14.8 Å². The van der Waals surface area contributed by atoms with E-state index in [0.717, 1.165) is 16.4 Å². The molecule has 0 saturated heterocycles. The molecular weight excluding hydrogens is 312 g/mol. The van der Waals surface area contributed by atoms with Crippen LogP contribution in [0, 0.1) is 16.0 Å². The van der Waals surface area contributed by atoms with Crippen molar-refractivity contribution in [1.82, 2.24) is 4.31 Å². The summed E-state index contributed by atoms with van der Waals surface area (Å²) in [5.74, 6) is -0.320. The van der Waals surface area contributed by atoms with Gasteiger partial charge in [0.25, 0.3) is 5.69 Å². The molecule has 1 aliphatic heterocycles. The number of non-ortho nitro benzene ring substituents is 1. The maximum atomic E-state index is 12.7. The first-order valence-corrected chi connectivity index (χ1v) is 7.92. The van der Waals surface area contributed by atoms with Gasteiger partial charge in [-0.1, -0.05) is 6.08 Å². The van der Waals surface area contributed by atoms with Crippen LogP contribution in [0.25, 0.3) is 0 Å². The highest BCUT2D eigenvalue weighted by molar-refractivity contribution is 7.89. The standard InChI is InChI=1S/C13H16N2O6S/c1-21-13-7-2-10(9-16)8-14(13)22(19,20)12-5-3-11(4-6-12)15(17)18/h2-7,10,13,16H,8-9H2,1H3/t10-,13?/m1/s1. The minimum atomic E-state index is -3.89. The molecule has 0 aromatic heterocycles. The first-order chi connectivity index (χ1) is 10.4. The molecule has 2 atom stereocenters. The number of rotatable bonds is 5. The van der Waals surface area contributed by atoms with Gasteiger partial charge in [-0.05, 0) is 18.2 Å². The zero-order valence-electron chi connectivity index (χ0n) is 11.8. The van der Waals surface area contributed by atoms with E-state index in [4.69, 9.17) is 4.74 Å². The van der Waals surface area contributed by atoms with E-state index in [0.29, 0.717) is 0 Å². The van der Waals surface area contributed by atoms with Crippen molar-refractivity contribution >= 4 is 15.7 Å². The summed E-state index contributed by atoms with van der Waals surface area (Å²) >= 11 is 0. The summed E-state index contributed by atoms with van der Waals surface area (Å²) in [6.45, 7) is -0.107. The van der Waals surface area contributed by atoms with Crippen molar-refractivity contribution in [3.05, 3.63) is 46.5 Å². The Morgan fingerprint density at radius 2 is 2.00 bits per heavy atom. The van der Waals surface area contributed by atoms with Gasteiger partial charge in [0.2, 0.25) is 10.0 Å². The maximum Gasteiger partial charge on any atom is 0.269 e. The number of nitro benzene ring substituents is 1. The quantitative estimate of drug-likeness (QED) is 0.485. The second-order valence-electron chi connectivity index (χ2n) is 4.78. The summed E-state index contributed by atoms with van der Waals surface area (Å²) in [4.78, 5) is 9.97. The van der Waals surface area contributed by atoms with Crippen molar-refractivity contribution in [2.24, 2.45) is 5.92 Å². The van der Waals surface area contributed by atoms with E-state index in [1.165, 1.54) is 19.2 Å². The van der Waals surface area contributed by atoms with E-state index in [2.05, 4.69) is 0 Å². The van der Waals surface area contributed by atoms with Crippen LogP contribution in [0.2, 0.25) is 0 Å². The number of methoxy groups -OCH3 is 1. The van der Waals surface area contributed by atoms with Gasteiger partial charge in [0, 0.05) is 31.7 Å². The van der Waals surface area contributed by atoms with Gasteiger partial charge in [-0.2, -0.15) is 4.31 Å². The fourth-order valence-corrected chi connectivity index (χ4v) is 3.74. The fraction of sp³-hybridized carbons (Fsp3) is 0.385. The second-order valence-corrected chi connectivity index (χ2v) is 6.67. The van der Waals surface area contributed by atoms with Crippen molar-refractivity contribution in [2.45, 2.75) is 11.1 Å². The third-order valence-corrected chi connectivity index (χ3v) is 5.22. The fourth-order valence-electron chi connectivity index (χ4n) is 2.17. The SMILES string of the molecule is COC1C=C[C@@H](CO)CN1S(=O)(=O)c1ccc([N+](=O)[O-])cc1. The van der Waals surface area contributed by atoms with Crippen molar-refractivity contribution < 1.29 is 23.2 Å². The average molecular weight is 328 g/mol. The van der Waals surface area contributed by atoms with Gasteiger partial charge in [0.1, 0.15) is 6.23 Å². The van der Waals surface area contributed by atoms with Gasteiger partial charge < -0.3 is 9.84 Å². The molecule has 0 saturated carbocycles. The van der Waals surface area contributed by atoms with Crippen molar-refractivity contribution in [1.29, 1.82) is 0 Å². The summed E-state index contributed by atoms with van der Waals surface area (Å²) in [7, 11) is -2.50. The monoisotopic (exact) mass is 328 g/mol. The molecule has 0 amide bonds. The van der Waals surface area contributed by atoms with Crippen LogP contribution in [-0.4, -0.2) is 49.2 Å². The predicted molar refractivity (Wildman–Crippen MR) is 77.5 cm³/mol. The Hall–Kier alpha value is -1.81. The van der Waals surface area contributed by atoms with Crippen LogP contribution in [0.5, 0.6) is 0 Å². The van der Waals surface area contributed by atoms with Gasteiger partial charge in [0.15, 0.2) is 0 Å². The second kappa shape index (κ2) is 6.53. The largest absolute Gasteiger partial charge is 0.396 e. The van der Waals surface area contributed by atoms with Gasteiger partial charge in [-0.25, -0.2) is 8.42 Å². The Kier molecular flexibility index (Phi) is 4.91. The Balaban J connectivity index is 2.35. The van der Waals surface area contributed by atoms with E-state index >= 15 is 0 Å². The number of nitro groups is 1. The third kappa shape index (κ3) is 3.17. The highest BCUT2D eigenvalue weighted by atomic mass is 32.2. The number of aliphatic hydroxyl groups excluding tert-OH is 1. The van der Waals surface area contributed by atoms with Crippen molar-refractivity contribution in [2.75, 3.05) is 20.3 Å². The van der Waals surface area contributed by atoms with Gasteiger partial charge in [0.05, 0.1) is 16.4 Å². The molecule has 0 bridgehead atoms. The van der Waals surface area contributed by atoms with Crippen LogP contribution in [0.3, 0.4) is 0 Å². The summed E-state index contributed by atoms with van der Waals surface area (Å²) in [6.07, 6.45) is 2.49. The molecule has 1 aromatic carbocycles. The topological polar surface area (TPSA) is 110 Å². The lowest BCUT2D eigenvalue weighted by Gasteiger charge is -2.33. The molecule has 1 N–H and O–H groups in total. The van der Waals surface area contributed by atoms with Gasteiger partial charge >= 0.3 is 0 Å². The lowest BCUT2D eigenvalue weighted by molar-refractivity contribution is -0.384. The highest BCUT2D eigenvalue weighted by Crippen LogP contribution is 2.25. The number of hydrogen-bond acceptors (Lipinski definition) is 6. The Morgan fingerprint density at radius 3 is 2.50 bits per heavy atom. The molecule has 2 rings (SSSR count). The molecule has 1 unspecified atom stereocenters. The van der Waals surface area contributed by atoms with E-state index in [9.17, 15) is 23.6 Å². The Bertz CT molecular complexity index is 670. The molecule has 120 valence electrons. The van der Waals surface area contributed by atoms with Crippen LogP contribution >= 0.6 is 0 Å². The number of benzene rings is 1. The smallest absolute Gasteiger partial charge is 0.269 e. The number of ether oxygens (including phenoxy) is 1. The van der Waals surface area contributed by atoms with Crippen molar-refractivity contribution in [3.63, 3.8) is 0 Å². The number of hydrogen-bond donors (Lipinski definition) is 1. The van der Waals surface area contributed by atoms with E-state index in [1.54, 1.807) is 12.2 Å². The van der Waals surface area contributed by atoms with E-state index in [-0.39, 0.29) is 29.7 Å². The summed E-state index contributed by atoms with van der Waals surface area (Å²) < 4.78 is 31.6. The van der Waals surface area contributed by atoms with Crippen LogP contribution in [0.4, 0.5) is 5.69 Å². The summed E-state index contributed by atoms with van der Waals surface area (Å²) in [6, 6.07) is 4.65. The highest BCUT2D eigenvalue weighted by Gasteiger charge is 2.34. The number of nitrogens with zero attached hydrogens (tertiary/aromatic N) is 2. The Labute approximate surface area is 127 Å². The van der Waals surface area contributed by atoms with Gasteiger partial charge in [-0.15, -0.1) is 0 Å². The predicted octanol–water partition coefficient (Wildman–Crippen LogP) is 0.736. The molecule has 0 spiro atoms. The lowest BCUT2D eigenvalue weighted by Crippen LogP contribution is -2.45. The maximum absolute atomic E-state index is 12.7. The van der Waals surface area contributed by atoms with Crippen LogP contribution < -0.4 is 0 Å². The Morgan fingerprint density at radius 1 is 1.36 bits per heavy atom. The molecular formula is C13H16N2O6S. The third-order valence-electron chi connectivity index (χ3n) is 3.38. The molecule has 9 heteroatoms. The van der Waals surface area contributed by atoms with Crippen LogP contribution in [0.15, 0.2) is 41.3 Å². The molecule has 1 heterocycles. The van der Waals surface area contributed by atoms with E-state index < -0.39 is 21.2 Å². The lowest BCUT2D eigenvalue weighted by atomic mass is 10.1. The zero-order chi connectivity index (χ0) is 16.3. The minimum absolute atomic E-state index is 0.0628. The molecule has 1 aliphatic rings. The molecule has 0 radical (unpaired) electrons. The first kappa shape index (κ1) is 16.6. The molecule has 0 fully saturated rings. The molecule has 1 aromatic rings. The average Bonchev–Trinajstić information content (AvgIpc) is 2.54. The van der Waals surface area contributed by atoms with Crippen molar-refractivity contribution in [3.8, 4) is 0 Å². The first-order valence-electron chi connectivity index (χ1n) is 6.48. The zero-order valence-corrected chi connectivity index (χ0v) is 12.6. The minimum Gasteiger partial charge on any atom is -0.396 e. The van der Waals surface area contributed by atoms with Gasteiger partial charge in [-0.3, -0.25) is 10.1 Å². The summed E-state index contributed by atoms with van der Waals surface area (Å²) in [5.41, 5.74) is -0.186. The van der Waals surface area contributed by atoms with E-state index in [1.807, 2.05) is 0 Å². The summed E-state index contributed by atoms with van der Waals surface area (Å²) in [5, 5.41) is 19.8. The molecule has 8 nitrogen and oxygen atoms in total. The number of aliphatic hydroxyl groups is 1. The number of sulfonamides is 1.